The Bertz CT molecular complexity index is 1010. The Morgan fingerprint density at radius 2 is 1.45 bits per heavy atom. The lowest BCUT2D eigenvalue weighted by Gasteiger charge is -2.29. The number of aliphatic carboxylic acids is 1. The topological polar surface area (TPSA) is 142 Å². The fourth-order valence-electron chi connectivity index (χ4n) is 4.22. The maximum Gasteiger partial charge on any atom is 0.321 e. The largest absolute Gasteiger partial charge is 0.480 e. The van der Waals surface area contributed by atoms with Crippen LogP contribution in [0.25, 0.3) is 0 Å². The highest BCUT2D eigenvalue weighted by Gasteiger charge is 2.34. The number of ether oxygens (including phenoxy) is 3. The molecule has 1 saturated carbocycles. The van der Waals surface area contributed by atoms with Crippen LogP contribution in [0.2, 0.25) is 0 Å². The summed E-state index contributed by atoms with van der Waals surface area (Å²) in [6.07, 6.45) is 4.68. The van der Waals surface area contributed by atoms with Gasteiger partial charge < -0.3 is 25.1 Å². The molecule has 1 aromatic rings. The van der Waals surface area contributed by atoms with Crippen LogP contribution in [0.4, 0.5) is 0 Å². The highest BCUT2D eigenvalue weighted by Crippen LogP contribution is 2.37. The number of carbonyl (C=O) groups excluding carboxylic acids is 3. The zero-order chi connectivity index (χ0) is 28.8. The minimum atomic E-state index is -1.33. The molecule has 0 bridgehead atoms. The summed E-state index contributed by atoms with van der Waals surface area (Å²) in [5.41, 5.74) is 4.90. The summed E-state index contributed by atoms with van der Waals surface area (Å²) < 4.78 is 16.7. The van der Waals surface area contributed by atoms with Crippen LogP contribution in [0.1, 0.15) is 92.1 Å². The second-order valence-corrected chi connectivity index (χ2v) is 12.3. The van der Waals surface area contributed by atoms with Crippen LogP contribution in [0.3, 0.4) is 0 Å². The summed E-state index contributed by atoms with van der Waals surface area (Å²) in [5.74, 6) is -3.97. The molecule has 0 aromatic heterocycles. The van der Waals surface area contributed by atoms with Gasteiger partial charge in [-0.15, -0.1) is 0 Å². The van der Waals surface area contributed by atoms with Crippen LogP contribution >= 0.6 is 0 Å². The number of hydrogen-bond acceptors (Lipinski definition) is 8. The van der Waals surface area contributed by atoms with Crippen LogP contribution in [-0.2, 0) is 23.9 Å². The average Bonchev–Trinajstić information content (AvgIpc) is 2.83. The Hall–Kier alpha value is -2.94. The van der Waals surface area contributed by atoms with E-state index in [0.29, 0.717) is 5.56 Å². The number of benzene rings is 1. The Morgan fingerprint density at radius 3 is 1.95 bits per heavy atom. The van der Waals surface area contributed by atoms with E-state index in [-0.39, 0.29) is 30.0 Å². The van der Waals surface area contributed by atoms with E-state index in [1.807, 2.05) is 0 Å². The molecule has 0 heterocycles. The van der Waals surface area contributed by atoms with Crippen molar-refractivity contribution >= 4 is 23.9 Å². The molecule has 0 saturated heterocycles. The number of hydrogen-bond donors (Lipinski definition) is 2. The van der Waals surface area contributed by atoms with Gasteiger partial charge in [-0.25, -0.2) is 0 Å². The van der Waals surface area contributed by atoms with E-state index in [1.165, 1.54) is 12.1 Å². The van der Waals surface area contributed by atoms with Crippen LogP contribution in [0.5, 0.6) is 11.5 Å². The molecule has 0 spiro atoms. The number of carboxylic acid groups (broad SMARTS) is 1. The molecule has 0 radical (unpaired) electrons. The summed E-state index contributed by atoms with van der Waals surface area (Å²) in [7, 11) is 0. The monoisotopic (exact) mass is 533 g/mol. The standard InChI is InChI=1S/C29H43NO8/c1-17(16-36-25(33)18-11-9-8-10-12-18)22(23(30)24(31)32)19-13-14-20(37-26(34)28(2,3)4)21(15-19)38-27(35)29(5,6)7/h13-15,17-18,22-23H,8-12,16,30H2,1-7H3,(H,31,32)/t17?,22?,23-/m0/s1. The number of nitrogens with two attached hydrogens (primary N) is 1. The Kier molecular flexibility index (Phi) is 10.5. The van der Waals surface area contributed by atoms with Gasteiger partial charge in [-0.1, -0.05) is 32.3 Å². The van der Waals surface area contributed by atoms with Crippen LogP contribution in [0.15, 0.2) is 18.2 Å². The molecule has 2 unspecified atom stereocenters. The normalized spacial score (nSPS) is 17.2. The molecule has 1 aromatic carbocycles. The van der Waals surface area contributed by atoms with Crippen LogP contribution < -0.4 is 15.2 Å². The Morgan fingerprint density at radius 1 is 0.921 bits per heavy atom. The maximum atomic E-state index is 12.7. The molecule has 3 N–H and O–H groups in total. The minimum Gasteiger partial charge on any atom is -0.480 e. The minimum absolute atomic E-state index is 0.0150. The number of rotatable bonds is 9. The van der Waals surface area contributed by atoms with Gasteiger partial charge in [0.2, 0.25) is 0 Å². The summed E-state index contributed by atoms with van der Waals surface area (Å²) in [6.45, 7) is 11.9. The van der Waals surface area contributed by atoms with Crippen molar-refractivity contribution in [1.82, 2.24) is 0 Å². The molecule has 0 amide bonds. The van der Waals surface area contributed by atoms with E-state index in [2.05, 4.69) is 0 Å². The van der Waals surface area contributed by atoms with Crippen molar-refractivity contribution in [3.8, 4) is 11.5 Å². The lowest BCUT2D eigenvalue weighted by atomic mass is 9.82. The zero-order valence-electron chi connectivity index (χ0n) is 23.7. The number of carboxylic acids is 1. The highest BCUT2D eigenvalue weighted by atomic mass is 16.6. The molecule has 1 aliphatic carbocycles. The SMILES string of the molecule is CC(COC(=O)C1CCCCC1)C(c1ccc(OC(=O)C(C)(C)C)c(OC(=O)C(C)(C)C)c1)[C@H](N)C(=O)O. The van der Waals surface area contributed by atoms with E-state index in [9.17, 15) is 24.3 Å². The Labute approximate surface area is 225 Å². The first kappa shape index (κ1) is 31.3. The van der Waals surface area contributed by atoms with Crippen molar-refractivity contribution in [2.75, 3.05) is 6.61 Å². The molecule has 9 heteroatoms. The molecule has 2 rings (SSSR count). The molecule has 0 aliphatic heterocycles. The average molecular weight is 534 g/mol. The third kappa shape index (κ3) is 8.55. The third-order valence-corrected chi connectivity index (χ3v) is 6.69. The van der Waals surface area contributed by atoms with Crippen LogP contribution in [-0.4, -0.2) is 41.6 Å². The molecule has 1 aliphatic rings. The van der Waals surface area contributed by atoms with E-state index in [1.54, 1.807) is 54.5 Å². The molecular formula is C29H43NO8. The predicted molar refractivity (Wildman–Crippen MR) is 142 cm³/mol. The van der Waals surface area contributed by atoms with Gasteiger partial charge in [-0.2, -0.15) is 0 Å². The third-order valence-electron chi connectivity index (χ3n) is 6.69. The lowest BCUT2D eigenvalue weighted by Crippen LogP contribution is -2.41. The van der Waals surface area contributed by atoms with Gasteiger partial charge in [-0.05, 0) is 78.0 Å². The predicted octanol–water partition coefficient (Wildman–Crippen LogP) is 4.84. The smallest absolute Gasteiger partial charge is 0.321 e. The Balaban J connectivity index is 2.40. The number of esters is 3. The van der Waals surface area contributed by atoms with Crippen LogP contribution in [0, 0.1) is 22.7 Å². The fourth-order valence-corrected chi connectivity index (χ4v) is 4.22. The summed E-state index contributed by atoms with van der Waals surface area (Å²) in [5, 5.41) is 9.74. The molecule has 1 fully saturated rings. The van der Waals surface area contributed by atoms with E-state index < -0.39 is 46.6 Å². The summed E-state index contributed by atoms with van der Waals surface area (Å²) >= 11 is 0. The quantitative estimate of drug-likeness (QED) is 0.336. The lowest BCUT2D eigenvalue weighted by molar-refractivity contribution is -0.151. The van der Waals surface area contributed by atoms with Crippen molar-refractivity contribution in [2.45, 2.75) is 92.5 Å². The van der Waals surface area contributed by atoms with Gasteiger partial charge in [0.15, 0.2) is 11.5 Å². The van der Waals surface area contributed by atoms with E-state index in [4.69, 9.17) is 19.9 Å². The van der Waals surface area contributed by atoms with Crippen molar-refractivity contribution in [3.05, 3.63) is 23.8 Å². The van der Waals surface area contributed by atoms with Crippen molar-refractivity contribution < 1.29 is 38.5 Å². The summed E-state index contributed by atoms with van der Waals surface area (Å²) in [4.78, 5) is 49.8. The fraction of sp³-hybridized carbons (Fsp3) is 0.655. The van der Waals surface area contributed by atoms with Crippen molar-refractivity contribution in [3.63, 3.8) is 0 Å². The van der Waals surface area contributed by atoms with Gasteiger partial charge in [0, 0.05) is 5.92 Å². The van der Waals surface area contributed by atoms with Gasteiger partial charge in [0.05, 0.1) is 23.4 Å². The first-order valence-corrected chi connectivity index (χ1v) is 13.3. The van der Waals surface area contributed by atoms with E-state index >= 15 is 0 Å². The molecular weight excluding hydrogens is 490 g/mol. The zero-order valence-corrected chi connectivity index (χ0v) is 23.7. The summed E-state index contributed by atoms with van der Waals surface area (Å²) in [6, 6.07) is 3.20. The second kappa shape index (κ2) is 12.7. The molecule has 3 atom stereocenters. The maximum absolute atomic E-state index is 12.7. The highest BCUT2D eigenvalue weighted by molar-refractivity contribution is 5.81. The first-order chi connectivity index (χ1) is 17.5. The second-order valence-electron chi connectivity index (χ2n) is 12.3. The van der Waals surface area contributed by atoms with Gasteiger partial charge in [0.25, 0.3) is 0 Å². The van der Waals surface area contributed by atoms with E-state index in [0.717, 1.165) is 32.1 Å². The van der Waals surface area contributed by atoms with Crippen molar-refractivity contribution in [2.24, 2.45) is 28.4 Å². The molecule has 38 heavy (non-hydrogen) atoms. The molecule has 9 nitrogen and oxygen atoms in total. The number of carbonyl (C=O) groups is 4. The van der Waals surface area contributed by atoms with Crippen molar-refractivity contribution in [1.29, 1.82) is 0 Å². The van der Waals surface area contributed by atoms with Gasteiger partial charge in [0.1, 0.15) is 6.04 Å². The molecule has 212 valence electrons. The first-order valence-electron chi connectivity index (χ1n) is 13.3. The van der Waals surface area contributed by atoms with Gasteiger partial charge >= 0.3 is 23.9 Å². The van der Waals surface area contributed by atoms with Gasteiger partial charge in [-0.3, -0.25) is 19.2 Å².